The Kier molecular flexibility index (Phi) is 5.00. The molecule has 0 saturated heterocycles. The number of aliphatic hydroxyl groups excluding tert-OH is 2. The van der Waals surface area contributed by atoms with Crippen molar-refractivity contribution in [1.82, 2.24) is 4.72 Å². The van der Waals surface area contributed by atoms with Crippen molar-refractivity contribution in [2.24, 2.45) is 5.41 Å². The van der Waals surface area contributed by atoms with E-state index in [1.807, 2.05) is 0 Å². The van der Waals surface area contributed by atoms with Gasteiger partial charge in [-0.3, -0.25) is 0 Å². The predicted octanol–water partition coefficient (Wildman–Crippen LogP) is -0.695. The van der Waals surface area contributed by atoms with Gasteiger partial charge < -0.3 is 10.2 Å². The zero-order valence-corrected chi connectivity index (χ0v) is 9.63. The third kappa shape index (κ3) is 6.31. The molecule has 0 amide bonds. The highest BCUT2D eigenvalue weighted by molar-refractivity contribution is 7.89. The van der Waals surface area contributed by atoms with Crippen LogP contribution in [0.5, 0.6) is 0 Å². The quantitative estimate of drug-likeness (QED) is 0.578. The van der Waals surface area contributed by atoms with Crippen molar-refractivity contribution in [3.05, 3.63) is 0 Å². The SMILES string of the molecule is CC(C)(C)CS(=O)(=O)NC(CO)CO. The summed E-state index contributed by atoms with van der Waals surface area (Å²) in [6.45, 7) is 4.61. The smallest absolute Gasteiger partial charge is 0.212 e. The molecule has 0 aliphatic heterocycles. The van der Waals surface area contributed by atoms with Gasteiger partial charge in [0.1, 0.15) is 0 Å². The van der Waals surface area contributed by atoms with Gasteiger partial charge in [0.05, 0.1) is 25.0 Å². The molecule has 0 atom stereocenters. The van der Waals surface area contributed by atoms with Crippen LogP contribution in [0.3, 0.4) is 0 Å². The molecule has 0 radical (unpaired) electrons. The maximum atomic E-state index is 11.4. The molecule has 0 heterocycles. The summed E-state index contributed by atoms with van der Waals surface area (Å²) in [5.74, 6) is -0.0312. The average molecular weight is 225 g/mol. The number of hydrogen-bond acceptors (Lipinski definition) is 4. The van der Waals surface area contributed by atoms with Crippen LogP contribution in [0.15, 0.2) is 0 Å². The summed E-state index contributed by atoms with van der Waals surface area (Å²) in [5, 5.41) is 17.4. The van der Waals surface area contributed by atoms with Crippen LogP contribution in [0, 0.1) is 5.41 Å². The molecule has 0 aliphatic carbocycles. The van der Waals surface area contributed by atoms with E-state index in [1.165, 1.54) is 0 Å². The minimum absolute atomic E-state index is 0.0312. The minimum Gasteiger partial charge on any atom is -0.395 e. The second kappa shape index (κ2) is 5.06. The molecule has 0 spiro atoms. The third-order valence-corrected chi connectivity index (χ3v) is 3.35. The molecular weight excluding hydrogens is 206 g/mol. The van der Waals surface area contributed by atoms with Gasteiger partial charge in [-0.15, -0.1) is 0 Å². The molecule has 3 N–H and O–H groups in total. The highest BCUT2D eigenvalue weighted by Gasteiger charge is 2.23. The molecule has 0 bridgehead atoms. The van der Waals surface area contributed by atoms with E-state index in [2.05, 4.69) is 4.72 Å². The van der Waals surface area contributed by atoms with Crippen LogP contribution in [-0.4, -0.2) is 43.6 Å². The van der Waals surface area contributed by atoms with Crippen LogP contribution in [-0.2, 0) is 10.0 Å². The van der Waals surface area contributed by atoms with E-state index in [0.717, 1.165) is 0 Å². The average Bonchev–Trinajstić information content (AvgIpc) is 1.95. The molecule has 0 aromatic heterocycles. The van der Waals surface area contributed by atoms with Crippen molar-refractivity contribution in [2.75, 3.05) is 19.0 Å². The monoisotopic (exact) mass is 225 g/mol. The zero-order valence-electron chi connectivity index (χ0n) is 8.82. The maximum absolute atomic E-state index is 11.4. The van der Waals surface area contributed by atoms with Crippen LogP contribution in [0.25, 0.3) is 0 Å². The van der Waals surface area contributed by atoms with Crippen molar-refractivity contribution in [1.29, 1.82) is 0 Å². The first-order valence-corrected chi connectivity index (χ1v) is 6.07. The van der Waals surface area contributed by atoms with Crippen LogP contribution < -0.4 is 4.72 Å². The molecule has 5 nitrogen and oxygen atoms in total. The third-order valence-electron chi connectivity index (χ3n) is 1.41. The lowest BCUT2D eigenvalue weighted by Crippen LogP contribution is -2.43. The summed E-state index contributed by atoms with van der Waals surface area (Å²) >= 11 is 0. The summed E-state index contributed by atoms with van der Waals surface area (Å²) in [4.78, 5) is 0. The van der Waals surface area contributed by atoms with E-state index in [1.54, 1.807) is 20.8 Å². The van der Waals surface area contributed by atoms with E-state index in [4.69, 9.17) is 10.2 Å². The first kappa shape index (κ1) is 13.8. The Balaban J connectivity index is 4.35. The normalized spacial score (nSPS) is 13.6. The number of aliphatic hydroxyl groups is 2. The fourth-order valence-electron chi connectivity index (χ4n) is 0.998. The standard InChI is InChI=1S/C8H19NO4S/c1-8(2,3)6-14(12,13)9-7(4-10)5-11/h7,9-11H,4-6H2,1-3H3. The van der Waals surface area contributed by atoms with Gasteiger partial charge in [-0.1, -0.05) is 20.8 Å². The Morgan fingerprint density at radius 1 is 1.21 bits per heavy atom. The lowest BCUT2D eigenvalue weighted by molar-refractivity contribution is 0.184. The molecular formula is C8H19NO4S. The summed E-state index contributed by atoms with van der Waals surface area (Å²) in [6, 6.07) is -0.803. The Labute approximate surface area is 85.2 Å². The zero-order chi connectivity index (χ0) is 11.4. The number of rotatable bonds is 5. The molecule has 86 valence electrons. The van der Waals surface area contributed by atoms with Gasteiger partial charge >= 0.3 is 0 Å². The summed E-state index contributed by atoms with van der Waals surface area (Å²) < 4.78 is 25.1. The second-order valence-corrected chi connectivity index (χ2v) is 6.25. The number of hydrogen-bond donors (Lipinski definition) is 3. The first-order chi connectivity index (χ1) is 6.20. The molecule has 0 saturated carbocycles. The fourth-order valence-corrected chi connectivity index (χ4v) is 2.88. The fraction of sp³-hybridized carbons (Fsp3) is 1.00. The molecule has 0 fully saturated rings. The van der Waals surface area contributed by atoms with E-state index >= 15 is 0 Å². The first-order valence-electron chi connectivity index (χ1n) is 4.42. The van der Waals surface area contributed by atoms with Crippen LogP contribution in [0.4, 0.5) is 0 Å². The summed E-state index contributed by atoms with van der Waals surface area (Å²) in [5.41, 5.74) is -0.346. The highest BCUT2D eigenvalue weighted by Crippen LogP contribution is 2.15. The van der Waals surface area contributed by atoms with E-state index in [0.29, 0.717) is 0 Å². The van der Waals surface area contributed by atoms with E-state index < -0.39 is 29.3 Å². The van der Waals surface area contributed by atoms with Gasteiger partial charge in [-0.25, -0.2) is 13.1 Å². The van der Waals surface area contributed by atoms with Gasteiger partial charge in [0.25, 0.3) is 0 Å². The summed E-state index contributed by atoms with van der Waals surface area (Å²) in [7, 11) is -3.43. The van der Waals surface area contributed by atoms with Gasteiger partial charge in [-0.05, 0) is 5.41 Å². The van der Waals surface area contributed by atoms with Crippen molar-refractivity contribution in [2.45, 2.75) is 26.8 Å². The molecule has 0 aromatic carbocycles. The van der Waals surface area contributed by atoms with Gasteiger partial charge in [-0.2, -0.15) is 0 Å². The Morgan fingerprint density at radius 2 is 1.64 bits per heavy atom. The van der Waals surface area contributed by atoms with Crippen LogP contribution >= 0.6 is 0 Å². The Hall–Kier alpha value is -0.170. The second-order valence-electron chi connectivity index (χ2n) is 4.50. The van der Waals surface area contributed by atoms with Crippen LogP contribution in [0.1, 0.15) is 20.8 Å². The van der Waals surface area contributed by atoms with Gasteiger partial charge in [0.2, 0.25) is 10.0 Å². The van der Waals surface area contributed by atoms with Crippen molar-refractivity contribution in [3.63, 3.8) is 0 Å². The summed E-state index contributed by atoms with van der Waals surface area (Å²) in [6.07, 6.45) is 0. The molecule has 0 rings (SSSR count). The van der Waals surface area contributed by atoms with E-state index in [-0.39, 0.29) is 11.2 Å². The predicted molar refractivity (Wildman–Crippen MR) is 54.3 cm³/mol. The van der Waals surface area contributed by atoms with Gasteiger partial charge in [0.15, 0.2) is 0 Å². The van der Waals surface area contributed by atoms with E-state index in [9.17, 15) is 8.42 Å². The molecule has 6 heteroatoms. The largest absolute Gasteiger partial charge is 0.395 e. The molecule has 0 aromatic rings. The Morgan fingerprint density at radius 3 is 1.93 bits per heavy atom. The van der Waals surface area contributed by atoms with Crippen molar-refractivity contribution < 1.29 is 18.6 Å². The molecule has 0 aliphatic rings. The van der Waals surface area contributed by atoms with Gasteiger partial charge in [0, 0.05) is 0 Å². The molecule has 14 heavy (non-hydrogen) atoms. The van der Waals surface area contributed by atoms with Crippen molar-refractivity contribution >= 4 is 10.0 Å². The van der Waals surface area contributed by atoms with Crippen molar-refractivity contribution in [3.8, 4) is 0 Å². The lowest BCUT2D eigenvalue weighted by atomic mass is 10.0. The highest BCUT2D eigenvalue weighted by atomic mass is 32.2. The number of sulfonamides is 1. The number of nitrogens with one attached hydrogen (secondary N) is 1. The Bertz CT molecular complexity index is 251. The molecule has 0 unspecified atom stereocenters. The maximum Gasteiger partial charge on any atom is 0.212 e. The minimum atomic E-state index is -3.43. The lowest BCUT2D eigenvalue weighted by Gasteiger charge is -2.20. The topological polar surface area (TPSA) is 86.6 Å². The van der Waals surface area contributed by atoms with Crippen LogP contribution in [0.2, 0.25) is 0 Å².